The number of nitrogen functional groups attached to an aromatic ring is 1. The summed E-state index contributed by atoms with van der Waals surface area (Å²) in [5.74, 6) is 6.32. The molecular formula is C10H17N9S. The second-order valence-electron chi connectivity index (χ2n) is 3.88. The van der Waals surface area contributed by atoms with Gasteiger partial charge in [0.05, 0.1) is 0 Å². The lowest BCUT2D eigenvalue weighted by atomic mass is 10.5. The second kappa shape index (κ2) is 6.48. The minimum atomic E-state index is 0.326. The lowest BCUT2D eigenvalue weighted by molar-refractivity contribution is 0.767. The standard InChI is InChI=1S/C10H17N9S/c1-4-19(5-2)8-13-7(16-11)14-9(15-8)20-10-17-12-6-18(10)3/h6H,4-5,11H2,1-3H3,(H,13,14,15,16). The molecule has 0 fully saturated rings. The van der Waals surface area contributed by atoms with Gasteiger partial charge in [-0.2, -0.15) is 15.0 Å². The largest absolute Gasteiger partial charge is 0.341 e. The van der Waals surface area contributed by atoms with Gasteiger partial charge in [-0.1, -0.05) is 0 Å². The average Bonchev–Trinajstić information content (AvgIpc) is 2.85. The van der Waals surface area contributed by atoms with Crippen LogP contribution < -0.4 is 16.2 Å². The van der Waals surface area contributed by atoms with E-state index in [4.69, 9.17) is 5.84 Å². The van der Waals surface area contributed by atoms with E-state index in [1.54, 1.807) is 10.9 Å². The van der Waals surface area contributed by atoms with Crippen LogP contribution in [0.3, 0.4) is 0 Å². The van der Waals surface area contributed by atoms with Crippen molar-refractivity contribution in [3.63, 3.8) is 0 Å². The fraction of sp³-hybridized carbons (Fsp3) is 0.500. The minimum absolute atomic E-state index is 0.326. The Kier molecular flexibility index (Phi) is 4.69. The Labute approximate surface area is 121 Å². The second-order valence-corrected chi connectivity index (χ2v) is 4.82. The number of nitrogens with one attached hydrogen (secondary N) is 1. The Morgan fingerprint density at radius 3 is 2.60 bits per heavy atom. The Bertz CT molecular complexity index is 566. The highest BCUT2D eigenvalue weighted by Crippen LogP contribution is 2.24. The molecule has 9 nitrogen and oxygen atoms in total. The van der Waals surface area contributed by atoms with Gasteiger partial charge in [-0.15, -0.1) is 10.2 Å². The highest BCUT2D eigenvalue weighted by molar-refractivity contribution is 7.99. The van der Waals surface area contributed by atoms with Gasteiger partial charge < -0.3 is 9.47 Å². The zero-order valence-electron chi connectivity index (χ0n) is 11.6. The van der Waals surface area contributed by atoms with Crippen LogP contribution in [0.15, 0.2) is 16.6 Å². The maximum Gasteiger partial charge on any atom is 0.242 e. The van der Waals surface area contributed by atoms with Crippen molar-refractivity contribution in [2.45, 2.75) is 24.2 Å². The van der Waals surface area contributed by atoms with Crippen molar-refractivity contribution in [2.75, 3.05) is 23.4 Å². The molecule has 10 heteroatoms. The number of nitrogens with zero attached hydrogens (tertiary/aromatic N) is 7. The molecule has 20 heavy (non-hydrogen) atoms. The van der Waals surface area contributed by atoms with Crippen molar-refractivity contribution < 1.29 is 0 Å². The summed E-state index contributed by atoms with van der Waals surface area (Å²) in [6.45, 7) is 5.69. The number of rotatable bonds is 6. The van der Waals surface area contributed by atoms with Crippen LogP contribution >= 0.6 is 11.8 Å². The zero-order chi connectivity index (χ0) is 14.5. The maximum atomic E-state index is 5.41. The number of nitrogens with two attached hydrogens (primary N) is 1. The highest BCUT2D eigenvalue weighted by atomic mass is 32.2. The monoisotopic (exact) mass is 295 g/mol. The first-order valence-corrected chi connectivity index (χ1v) is 6.99. The molecule has 0 unspecified atom stereocenters. The molecule has 2 heterocycles. The normalized spacial score (nSPS) is 10.6. The molecule has 0 saturated heterocycles. The Hall–Kier alpha value is -1.94. The van der Waals surface area contributed by atoms with Crippen molar-refractivity contribution in [1.29, 1.82) is 0 Å². The average molecular weight is 295 g/mol. The summed E-state index contributed by atoms with van der Waals surface area (Å²) in [5.41, 5.74) is 2.46. The molecule has 108 valence electrons. The van der Waals surface area contributed by atoms with Crippen LogP contribution in [0.2, 0.25) is 0 Å². The van der Waals surface area contributed by atoms with Crippen LogP contribution in [0.4, 0.5) is 11.9 Å². The van der Waals surface area contributed by atoms with Crippen LogP contribution in [-0.2, 0) is 7.05 Å². The van der Waals surface area contributed by atoms with Gasteiger partial charge in [0.25, 0.3) is 0 Å². The summed E-state index contributed by atoms with van der Waals surface area (Å²) in [6, 6.07) is 0. The van der Waals surface area contributed by atoms with Gasteiger partial charge in [0.15, 0.2) is 5.16 Å². The third-order valence-corrected chi connectivity index (χ3v) is 3.55. The Morgan fingerprint density at radius 1 is 1.30 bits per heavy atom. The van der Waals surface area contributed by atoms with Crippen molar-refractivity contribution in [3.05, 3.63) is 6.33 Å². The molecule has 0 aliphatic carbocycles. The number of hydrogen-bond acceptors (Lipinski definition) is 9. The van der Waals surface area contributed by atoms with Crippen molar-refractivity contribution in [1.82, 2.24) is 29.7 Å². The van der Waals surface area contributed by atoms with E-state index in [9.17, 15) is 0 Å². The smallest absolute Gasteiger partial charge is 0.242 e. The number of aryl methyl sites for hydroxylation is 1. The van der Waals surface area contributed by atoms with Gasteiger partial charge in [0.2, 0.25) is 17.1 Å². The SMILES string of the molecule is CCN(CC)c1nc(NN)nc(Sc2nncn2C)n1. The molecule has 0 aliphatic rings. The molecule has 0 atom stereocenters. The number of aromatic nitrogens is 6. The van der Waals surface area contributed by atoms with E-state index in [1.165, 1.54) is 11.8 Å². The van der Waals surface area contributed by atoms with E-state index in [2.05, 4.69) is 30.6 Å². The van der Waals surface area contributed by atoms with Gasteiger partial charge in [0.1, 0.15) is 6.33 Å². The van der Waals surface area contributed by atoms with E-state index in [0.717, 1.165) is 13.1 Å². The number of hydrazine groups is 1. The molecule has 0 radical (unpaired) electrons. The number of hydrogen-bond donors (Lipinski definition) is 2. The van der Waals surface area contributed by atoms with E-state index in [0.29, 0.717) is 22.2 Å². The molecule has 0 aliphatic heterocycles. The molecule has 0 saturated carbocycles. The molecule has 0 aromatic carbocycles. The Morgan fingerprint density at radius 2 is 2.05 bits per heavy atom. The molecule has 2 rings (SSSR count). The maximum absolute atomic E-state index is 5.41. The molecule has 3 N–H and O–H groups in total. The molecule has 0 spiro atoms. The molecule has 2 aromatic heterocycles. The van der Waals surface area contributed by atoms with Gasteiger partial charge in [0, 0.05) is 20.1 Å². The quantitative estimate of drug-likeness (QED) is 0.573. The molecule has 0 amide bonds. The van der Waals surface area contributed by atoms with Crippen LogP contribution in [0, 0.1) is 0 Å². The van der Waals surface area contributed by atoms with Crippen molar-refractivity contribution >= 4 is 23.7 Å². The van der Waals surface area contributed by atoms with Crippen LogP contribution in [0.5, 0.6) is 0 Å². The van der Waals surface area contributed by atoms with Crippen molar-refractivity contribution in [2.24, 2.45) is 12.9 Å². The predicted octanol–water partition coefficient (Wildman–Crippen LogP) is 0.283. The first-order valence-electron chi connectivity index (χ1n) is 6.17. The van der Waals surface area contributed by atoms with Gasteiger partial charge in [-0.3, -0.25) is 5.43 Å². The number of anilines is 2. The third-order valence-electron chi connectivity index (χ3n) is 2.63. The van der Waals surface area contributed by atoms with Gasteiger partial charge in [-0.25, -0.2) is 5.84 Å². The summed E-state index contributed by atoms with van der Waals surface area (Å²) < 4.78 is 1.79. The topological polar surface area (TPSA) is 111 Å². The third kappa shape index (κ3) is 3.14. The lowest BCUT2D eigenvalue weighted by Gasteiger charge is -2.19. The summed E-state index contributed by atoms with van der Waals surface area (Å²) in [4.78, 5) is 14.9. The minimum Gasteiger partial charge on any atom is -0.341 e. The summed E-state index contributed by atoms with van der Waals surface area (Å²) in [5, 5.41) is 9.03. The van der Waals surface area contributed by atoms with Crippen molar-refractivity contribution in [3.8, 4) is 0 Å². The fourth-order valence-electron chi connectivity index (χ4n) is 1.55. The zero-order valence-corrected chi connectivity index (χ0v) is 12.4. The highest BCUT2D eigenvalue weighted by Gasteiger charge is 2.13. The summed E-state index contributed by atoms with van der Waals surface area (Å²) in [7, 11) is 1.86. The predicted molar refractivity (Wildman–Crippen MR) is 76.3 cm³/mol. The molecule has 0 bridgehead atoms. The summed E-state index contributed by atoms with van der Waals surface area (Å²) >= 11 is 1.31. The van der Waals surface area contributed by atoms with E-state index in [1.807, 2.05) is 25.8 Å². The Balaban J connectivity index is 2.32. The molecule has 2 aromatic rings. The van der Waals surface area contributed by atoms with Crippen LogP contribution in [-0.4, -0.2) is 42.8 Å². The van der Waals surface area contributed by atoms with Gasteiger partial charge in [-0.05, 0) is 25.6 Å². The molecular weight excluding hydrogens is 278 g/mol. The summed E-state index contributed by atoms with van der Waals surface area (Å²) in [6.07, 6.45) is 1.62. The van der Waals surface area contributed by atoms with Gasteiger partial charge >= 0.3 is 0 Å². The lowest BCUT2D eigenvalue weighted by Crippen LogP contribution is -2.25. The first kappa shape index (κ1) is 14.5. The van der Waals surface area contributed by atoms with Crippen LogP contribution in [0.25, 0.3) is 0 Å². The van der Waals surface area contributed by atoms with E-state index < -0.39 is 0 Å². The van der Waals surface area contributed by atoms with E-state index in [-0.39, 0.29) is 0 Å². The van der Waals surface area contributed by atoms with E-state index >= 15 is 0 Å². The first-order chi connectivity index (χ1) is 9.67. The fourth-order valence-corrected chi connectivity index (χ4v) is 2.25. The van der Waals surface area contributed by atoms with Crippen LogP contribution in [0.1, 0.15) is 13.8 Å².